The molecule has 0 amide bonds. The molecule has 0 aromatic heterocycles. The molecule has 11 heteroatoms. The molecule has 16 atom stereocenters. The van der Waals surface area contributed by atoms with Crippen LogP contribution in [0, 0.1) is 50.7 Å². The van der Waals surface area contributed by atoms with Crippen molar-refractivity contribution >= 4 is 11.9 Å². The molecule has 1 aliphatic heterocycles. The average Bonchev–Trinajstić information content (AvgIpc) is 3.61. The number of aliphatic hydroxyl groups is 5. The molecular weight excluding hydrogens is 620 g/mol. The summed E-state index contributed by atoms with van der Waals surface area (Å²) in [6.07, 6.45) is 0.0930. The van der Waals surface area contributed by atoms with Gasteiger partial charge in [-0.05, 0) is 118 Å². The number of hydrogen-bond acceptors (Lipinski definition) is 10. The normalized spacial score (nSPS) is 51.0. The first-order valence-corrected chi connectivity index (χ1v) is 18.3. The van der Waals surface area contributed by atoms with Crippen LogP contribution in [0.25, 0.3) is 0 Å². The van der Waals surface area contributed by atoms with Crippen molar-refractivity contribution in [2.75, 3.05) is 6.61 Å². The molecule has 11 nitrogen and oxygen atoms in total. The largest absolute Gasteiger partial charge is 0.481 e. The summed E-state index contributed by atoms with van der Waals surface area (Å²) in [7, 11) is 0. The van der Waals surface area contributed by atoms with E-state index in [1.165, 1.54) is 6.92 Å². The van der Waals surface area contributed by atoms with Crippen LogP contribution in [0.5, 0.6) is 0 Å². The van der Waals surface area contributed by atoms with E-state index in [0.717, 1.165) is 44.9 Å². The van der Waals surface area contributed by atoms with Gasteiger partial charge in [0.1, 0.15) is 24.4 Å². The highest BCUT2D eigenvalue weighted by Gasteiger charge is 2.86. The fourth-order valence-electron chi connectivity index (χ4n) is 12.9. The minimum Gasteiger partial charge on any atom is -0.481 e. The van der Waals surface area contributed by atoms with Crippen LogP contribution in [0.2, 0.25) is 0 Å². The molecule has 0 bridgehead atoms. The van der Waals surface area contributed by atoms with E-state index in [1.54, 1.807) is 20.8 Å². The zero-order valence-electron chi connectivity index (χ0n) is 29.9. The van der Waals surface area contributed by atoms with Gasteiger partial charge in [0.05, 0.1) is 29.8 Å². The molecule has 6 fully saturated rings. The van der Waals surface area contributed by atoms with E-state index in [4.69, 9.17) is 14.2 Å². The zero-order valence-corrected chi connectivity index (χ0v) is 29.9. The second-order valence-corrected chi connectivity index (χ2v) is 18.1. The highest BCUT2D eigenvalue weighted by molar-refractivity contribution is 5.76. The minimum atomic E-state index is -1.54. The van der Waals surface area contributed by atoms with Gasteiger partial charge in [-0.1, -0.05) is 20.8 Å². The Labute approximate surface area is 284 Å². The maximum atomic E-state index is 13.3. The maximum absolute atomic E-state index is 13.3. The Morgan fingerprint density at radius 1 is 0.938 bits per heavy atom. The number of carboxylic acids is 1. The van der Waals surface area contributed by atoms with E-state index in [0.29, 0.717) is 30.6 Å². The van der Waals surface area contributed by atoms with Gasteiger partial charge in [-0.2, -0.15) is 0 Å². The van der Waals surface area contributed by atoms with Crippen molar-refractivity contribution in [1.82, 2.24) is 0 Å². The summed E-state index contributed by atoms with van der Waals surface area (Å²) in [6, 6.07) is 0. The highest BCUT2D eigenvalue weighted by atomic mass is 16.7. The summed E-state index contributed by atoms with van der Waals surface area (Å²) < 4.78 is 17.2. The topological polar surface area (TPSA) is 183 Å². The molecule has 6 N–H and O–H groups in total. The van der Waals surface area contributed by atoms with Crippen molar-refractivity contribution in [1.29, 1.82) is 0 Å². The molecule has 1 heterocycles. The number of esters is 1. The van der Waals surface area contributed by atoms with Gasteiger partial charge in [0.15, 0.2) is 6.29 Å². The third-order valence-corrected chi connectivity index (χ3v) is 15.7. The van der Waals surface area contributed by atoms with Crippen LogP contribution in [-0.2, 0) is 23.8 Å². The molecule has 1 saturated heterocycles. The number of fused-ring (bicyclic) bond motifs is 2. The third kappa shape index (κ3) is 4.99. The quantitative estimate of drug-likeness (QED) is 0.155. The summed E-state index contributed by atoms with van der Waals surface area (Å²) in [6.45, 7) is 13.4. The number of carbonyl (C=O) groups is 2. The molecule has 0 aromatic carbocycles. The third-order valence-electron chi connectivity index (χ3n) is 15.7. The lowest BCUT2D eigenvalue weighted by molar-refractivity contribution is -0.309. The standard InChI is InChI=1S/C37H60O11/c1-19(8-11-26(32(3,4)45)47-20(2)38)21-12-13-34(6)23-9-10-24-35(7,31(43)44)27(48-30-29(42)28(41)22(39)17-46-30)16-25(40)37(24)18-36(23,37)15-14-33(21,34)5/h19,21-30,39-42,45H,8-18H2,1-7H3,(H,43,44). The van der Waals surface area contributed by atoms with Gasteiger partial charge in [0.25, 0.3) is 0 Å². The monoisotopic (exact) mass is 680 g/mol. The van der Waals surface area contributed by atoms with Gasteiger partial charge >= 0.3 is 11.9 Å². The minimum absolute atomic E-state index is 0.0217. The predicted molar refractivity (Wildman–Crippen MR) is 173 cm³/mol. The van der Waals surface area contributed by atoms with Crippen molar-refractivity contribution < 1.29 is 54.4 Å². The molecule has 0 radical (unpaired) electrons. The predicted octanol–water partition coefficient (Wildman–Crippen LogP) is 3.40. The molecule has 6 rings (SSSR count). The van der Waals surface area contributed by atoms with Crippen molar-refractivity contribution in [3.05, 3.63) is 0 Å². The van der Waals surface area contributed by atoms with E-state index in [2.05, 4.69) is 20.8 Å². The first-order chi connectivity index (χ1) is 22.2. The summed E-state index contributed by atoms with van der Waals surface area (Å²) in [5.74, 6) is -0.528. The molecule has 5 saturated carbocycles. The number of carbonyl (C=O) groups excluding carboxylic acids is 1. The van der Waals surface area contributed by atoms with Crippen LogP contribution < -0.4 is 0 Å². The van der Waals surface area contributed by atoms with Crippen molar-refractivity contribution in [2.24, 2.45) is 50.7 Å². The van der Waals surface area contributed by atoms with Crippen LogP contribution in [0.3, 0.4) is 0 Å². The molecule has 2 spiro atoms. The van der Waals surface area contributed by atoms with E-state index < -0.39 is 65.3 Å². The fourth-order valence-corrected chi connectivity index (χ4v) is 12.9. The summed E-state index contributed by atoms with van der Waals surface area (Å²) in [5.41, 5.74) is -3.06. The lowest BCUT2D eigenvalue weighted by Gasteiger charge is -2.64. The van der Waals surface area contributed by atoms with Crippen molar-refractivity contribution in [3.63, 3.8) is 0 Å². The molecule has 48 heavy (non-hydrogen) atoms. The van der Waals surface area contributed by atoms with E-state index >= 15 is 0 Å². The first kappa shape index (κ1) is 36.5. The van der Waals surface area contributed by atoms with Crippen molar-refractivity contribution in [2.45, 2.75) is 161 Å². The van der Waals surface area contributed by atoms with Gasteiger partial charge in [-0.3, -0.25) is 9.59 Å². The Balaban J connectivity index is 1.23. The Morgan fingerprint density at radius 3 is 2.23 bits per heavy atom. The van der Waals surface area contributed by atoms with Gasteiger partial charge in [0.2, 0.25) is 0 Å². The van der Waals surface area contributed by atoms with E-state index in [1.807, 2.05) is 0 Å². The second kappa shape index (κ2) is 11.9. The summed E-state index contributed by atoms with van der Waals surface area (Å²) in [5, 5.41) is 64.3. The van der Waals surface area contributed by atoms with Crippen molar-refractivity contribution in [3.8, 4) is 0 Å². The maximum Gasteiger partial charge on any atom is 0.312 e. The molecule has 5 aliphatic carbocycles. The molecular formula is C37H60O11. The fraction of sp³-hybridized carbons (Fsp3) is 0.946. The Bertz CT molecular complexity index is 1270. The molecule has 6 aliphatic rings. The summed E-state index contributed by atoms with van der Waals surface area (Å²) >= 11 is 0. The number of hydrogen-bond donors (Lipinski definition) is 6. The van der Waals surface area contributed by atoms with Gasteiger partial charge in [-0.15, -0.1) is 0 Å². The SMILES string of the molecule is CC(=O)OC(CCC(C)C1CCC2(C)C3CCC4C(C)(C(=O)O)C(OC5OCC(O)C(O)C5O)CC(O)C45CC35CCC12C)C(C)(C)O. The van der Waals surface area contributed by atoms with E-state index in [-0.39, 0.29) is 41.2 Å². The number of carboxylic acid groups (broad SMARTS) is 1. The number of rotatable bonds is 9. The van der Waals surface area contributed by atoms with Crippen LogP contribution in [-0.4, -0.2) is 97.7 Å². The zero-order chi connectivity index (χ0) is 35.4. The molecule has 0 aromatic rings. The van der Waals surface area contributed by atoms with Crippen LogP contribution in [0.4, 0.5) is 0 Å². The van der Waals surface area contributed by atoms with Gasteiger partial charge in [0, 0.05) is 18.8 Å². The second-order valence-electron chi connectivity index (χ2n) is 18.1. The number of aliphatic carboxylic acids is 1. The van der Waals surface area contributed by atoms with Gasteiger partial charge in [-0.25, -0.2) is 0 Å². The number of aliphatic hydroxyl groups excluding tert-OH is 4. The number of ether oxygens (including phenoxy) is 3. The van der Waals surface area contributed by atoms with Crippen LogP contribution >= 0.6 is 0 Å². The molecule has 16 unspecified atom stereocenters. The lowest BCUT2D eigenvalue weighted by Crippen LogP contribution is -2.65. The first-order valence-electron chi connectivity index (χ1n) is 18.3. The van der Waals surface area contributed by atoms with E-state index in [9.17, 15) is 40.2 Å². The average molecular weight is 681 g/mol. The van der Waals surface area contributed by atoms with Crippen LogP contribution in [0.15, 0.2) is 0 Å². The lowest BCUT2D eigenvalue weighted by atomic mass is 9.41. The van der Waals surface area contributed by atoms with Gasteiger partial charge < -0.3 is 44.8 Å². The van der Waals surface area contributed by atoms with Crippen LogP contribution in [0.1, 0.15) is 113 Å². The smallest absolute Gasteiger partial charge is 0.312 e. The highest BCUT2D eigenvalue weighted by Crippen LogP contribution is 2.89. The Hall–Kier alpha value is -1.34. The molecule has 274 valence electrons. The Kier molecular flexibility index (Phi) is 9.00. The summed E-state index contributed by atoms with van der Waals surface area (Å²) in [4.78, 5) is 25.0. The Morgan fingerprint density at radius 2 is 1.60 bits per heavy atom.